The minimum Gasteiger partial charge on any atom is -0.480 e. The quantitative estimate of drug-likeness (QED) is 0.446. The molecule has 0 bridgehead atoms. The summed E-state index contributed by atoms with van der Waals surface area (Å²) in [6, 6.07) is -1.83. The van der Waals surface area contributed by atoms with Crippen LogP contribution in [0.15, 0.2) is 0 Å². The van der Waals surface area contributed by atoms with E-state index in [4.69, 9.17) is 5.11 Å². The maximum Gasteiger partial charge on any atom is 0.326 e. The molecule has 27 heavy (non-hydrogen) atoms. The molecular weight excluding hydrogens is 352 g/mol. The first kappa shape index (κ1) is 21.1. The maximum atomic E-state index is 12.5. The smallest absolute Gasteiger partial charge is 0.326 e. The first-order valence-electron chi connectivity index (χ1n) is 9.63. The molecule has 2 rings (SSSR count). The van der Waals surface area contributed by atoms with Crippen molar-refractivity contribution in [3.63, 3.8) is 0 Å². The monoisotopic (exact) mass is 382 g/mol. The topological polar surface area (TPSA) is 128 Å². The minimum atomic E-state index is -1.03. The Labute approximate surface area is 159 Å². The van der Waals surface area contributed by atoms with E-state index in [9.17, 15) is 19.2 Å². The molecule has 0 aromatic rings. The Bertz CT molecular complexity index is 574. The van der Waals surface area contributed by atoms with E-state index in [1.807, 2.05) is 13.8 Å². The number of rotatable bonds is 8. The number of carboxylic acids is 1. The van der Waals surface area contributed by atoms with Crippen molar-refractivity contribution >= 4 is 23.7 Å². The second-order valence-electron chi connectivity index (χ2n) is 7.64. The number of carbonyl (C=O) groups excluding carboxylic acids is 3. The standard InChI is InChI=1S/C18H30N4O5/c1-11(2)9-13(21-17(25)12-5-3-7-19-12)16(24)20-10-15(23)22-8-4-6-14(22)18(26)27/h11-14,19H,3-10H2,1-2H3,(H,20,24)(H,21,25)(H,26,27)/t12-,13-,14-/m0/s1. The van der Waals surface area contributed by atoms with E-state index < -0.39 is 29.9 Å². The average Bonchev–Trinajstić information content (AvgIpc) is 3.29. The van der Waals surface area contributed by atoms with Gasteiger partial charge in [-0.2, -0.15) is 0 Å². The summed E-state index contributed by atoms with van der Waals surface area (Å²) in [5, 5.41) is 17.6. The number of aliphatic carboxylic acids is 1. The Morgan fingerprint density at radius 1 is 1.19 bits per heavy atom. The van der Waals surface area contributed by atoms with Gasteiger partial charge in [-0.05, 0) is 44.6 Å². The number of amides is 3. The molecule has 9 nitrogen and oxygen atoms in total. The first-order chi connectivity index (χ1) is 12.8. The van der Waals surface area contributed by atoms with Crippen LogP contribution in [-0.4, -0.2) is 71.5 Å². The summed E-state index contributed by atoms with van der Waals surface area (Å²) in [4.78, 5) is 49.6. The van der Waals surface area contributed by atoms with E-state index in [2.05, 4.69) is 16.0 Å². The van der Waals surface area contributed by atoms with Gasteiger partial charge in [-0.25, -0.2) is 4.79 Å². The fourth-order valence-corrected chi connectivity index (χ4v) is 3.59. The molecule has 0 radical (unpaired) electrons. The van der Waals surface area contributed by atoms with Crippen molar-refractivity contribution in [3.8, 4) is 0 Å². The Morgan fingerprint density at radius 3 is 2.52 bits per heavy atom. The van der Waals surface area contributed by atoms with E-state index in [0.717, 1.165) is 19.4 Å². The summed E-state index contributed by atoms with van der Waals surface area (Å²) < 4.78 is 0. The van der Waals surface area contributed by atoms with Crippen LogP contribution in [0.3, 0.4) is 0 Å². The van der Waals surface area contributed by atoms with E-state index in [1.165, 1.54) is 4.90 Å². The minimum absolute atomic E-state index is 0.184. The van der Waals surface area contributed by atoms with Gasteiger partial charge in [0.15, 0.2) is 0 Å². The molecule has 2 aliphatic rings. The Kier molecular flexibility index (Phi) is 7.58. The number of carboxylic acid groups (broad SMARTS) is 1. The number of hydrogen-bond acceptors (Lipinski definition) is 5. The van der Waals surface area contributed by atoms with Crippen LogP contribution in [0.1, 0.15) is 46.0 Å². The van der Waals surface area contributed by atoms with Crippen molar-refractivity contribution in [1.82, 2.24) is 20.9 Å². The molecule has 2 aliphatic heterocycles. The van der Waals surface area contributed by atoms with E-state index in [1.54, 1.807) is 0 Å². The Hall–Kier alpha value is -2.16. The van der Waals surface area contributed by atoms with Gasteiger partial charge in [-0.15, -0.1) is 0 Å². The number of carbonyl (C=O) groups is 4. The van der Waals surface area contributed by atoms with Gasteiger partial charge in [-0.1, -0.05) is 13.8 Å². The predicted octanol–water partition coefficient (Wildman–Crippen LogP) is -0.539. The van der Waals surface area contributed by atoms with E-state index in [0.29, 0.717) is 25.8 Å². The lowest BCUT2D eigenvalue weighted by atomic mass is 10.0. The summed E-state index contributed by atoms with van der Waals surface area (Å²) in [7, 11) is 0. The lowest BCUT2D eigenvalue weighted by Crippen LogP contribution is -2.53. The molecule has 0 aromatic heterocycles. The zero-order valence-corrected chi connectivity index (χ0v) is 16.0. The van der Waals surface area contributed by atoms with Crippen molar-refractivity contribution in [2.24, 2.45) is 5.92 Å². The van der Waals surface area contributed by atoms with Crippen LogP contribution >= 0.6 is 0 Å². The largest absolute Gasteiger partial charge is 0.480 e. The molecule has 2 saturated heterocycles. The van der Waals surface area contributed by atoms with Gasteiger partial charge < -0.3 is 26.0 Å². The molecule has 9 heteroatoms. The Morgan fingerprint density at radius 2 is 1.93 bits per heavy atom. The third kappa shape index (κ3) is 5.92. The zero-order chi connectivity index (χ0) is 20.0. The molecule has 0 spiro atoms. The van der Waals surface area contributed by atoms with Crippen LogP contribution in [0.25, 0.3) is 0 Å². The second-order valence-corrected chi connectivity index (χ2v) is 7.64. The molecule has 2 fully saturated rings. The summed E-state index contributed by atoms with van der Waals surface area (Å²) in [5.74, 6) is -1.88. The number of nitrogens with one attached hydrogen (secondary N) is 3. The van der Waals surface area contributed by atoms with Gasteiger partial charge in [0.25, 0.3) is 0 Å². The lowest BCUT2D eigenvalue weighted by Gasteiger charge is -2.24. The summed E-state index contributed by atoms with van der Waals surface area (Å²) in [6.07, 6.45) is 3.19. The van der Waals surface area contributed by atoms with Crippen molar-refractivity contribution in [2.75, 3.05) is 19.6 Å². The van der Waals surface area contributed by atoms with Gasteiger partial charge in [0.2, 0.25) is 17.7 Å². The number of likely N-dealkylation sites (tertiary alicyclic amines) is 1. The van der Waals surface area contributed by atoms with Crippen molar-refractivity contribution in [1.29, 1.82) is 0 Å². The van der Waals surface area contributed by atoms with Crippen molar-refractivity contribution < 1.29 is 24.3 Å². The highest BCUT2D eigenvalue weighted by molar-refractivity contribution is 5.92. The molecule has 3 amide bonds. The molecule has 0 saturated carbocycles. The summed E-state index contributed by atoms with van der Waals surface area (Å²) >= 11 is 0. The highest BCUT2D eigenvalue weighted by Crippen LogP contribution is 2.17. The summed E-state index contributed by atoms with van der Waals surface area (Å²) in [6.45, 7) is 4.80. The average molecular weight is 382 g/mol. The SMILES string of the molecule is CC(C)C[C@H](NC(=O)[C@@H]1CCCN1)C(=O)NCC(=O)N1CCC[C@H]1C(=O)O. The second kappa shape index (κ2) is 9.68. The molecule has 3 atom stereocenters. The van der Waals surface area contributed by atoms with Crippen LogP contribution < -0.4 is 16.0 Å². The molecule has 0 aromatic carbocycles. The normalized spacial score (nSPS) is 23.3. The number of nitrogens with zero attached hydrogens (tertiary/aromatic N) is 1. The highest BCUT2D eigenvalue weighted by Gasteiger charge is 2.34. The van der Waals surface area contributed by atoms with Crippen LogP contribution in [0.4, 0.5) is 0 Å². The number of hydrogen-bond donors (Lipinski definition) is 4. The van der Waals surface area contributed by atoms with Crippen LogP contribution in [-0.2, 0) is 19.2 Å². The summed E-state index contributed by atoms with van der Waals surface area (Å²) in [5.41, 5.74) is 0. The first-order valence-corrected chi connectivity index (χ1v) is 9.63. The van der Waals surface area contributed by atoms with E-state index >= 15 is 0 Å². The van der Waals surface area contributed by atoms with Gasteiger partial charge >= 0.3 is 5.97 Å². The highest BCUT2D eigenvalue weighted by atomic mass is 16.4. The maximum absolute atomic E-state index is 12.5. The Balaban J connectivity index is 1.89. The van der Waals surface area contributed by atoms with Gasteiger partial charge in [-0.3, -0.25) is 14.4 Å². The zero-order valence-electron chi connectivity index (χ0n) is 16.0. The fourth-order valence-electron chi connectivity index (χ4n) is 3.59. The van der Waals surface area contributed by atoms with Gasteiger partial charge in [0.05, 0.1) is 12.6 Å². The van der Waals surface area contributed by atoms with Gasteiger partial charge in [0, 0.05) is 6.54 Å². The molecular formula is C18H30N4O5. The fraction of sp³-hybridized carbons (Fsp3) is 0.778. The molecule has 152 valence electrons. The molecule has 2 heterocycles. The van der Waals surface area contributed by atoms with Crippen LogP contribution in [0, 0.1) is 5.92 Å². The predicted molar refractivity (Wildman–Crippen MR) is 97.8 cm³/mol. The molecule has 0 aliphatic carbocycles. The third-order valence-electron chi connectivity index (χ3n) is 4.99. The van der Waals surface area contributed by atoms with E-state index in [-0.39, 0.29) is 24.4 Å². The lowest BCUT2D eigenvalue weighted by molar-refractivity contribution is -0.148. The van der Waals surface area contributed by atoms with Crippen LogP contribution in [0.2, 0.25) is 0 Å². The van der Waals surface area contributed by atoms with Crippen molar-refractivity contribution in [2.45, 2.75) is 64.1 Å². The molecule has 4 N–H and O–H groups in total. The van der Waals surface area contributed by atoms with Crippen LogP contribution in [0.5, 0.6) is 0 Å². The van der Waals surface area contributed by atoms with Gasteiger partial charge in [0.1, 0.15) is 12.1 Å². The van der Waals surface area contributed by atoms with Crippen molar-refractivity contribution in [3.05, 3.63) is 0 Å². The molecule has 0 unspecified atom stereocenters. The third-order valence-corrected chi connectivity index (χ3v) is 4.99.